The predicted molar refractivity (Wildman–Crippen MR) is 70.4 cm³/mol. The topological polar surface area (TPSA) is 49.4 Å². The lowest BCUT2D eigenvalue weighted by Crippen LogP contribution is -2.56. The summed E-state index contributed by atoms with van der Waals surface area (Å²) in [6.07, 6.45) is 1.57. The second kappa shape index (κ2) is 4.29. The van der Waals surface area contributed by atoms with Crippen LogP contribution in [0.25, 0.3) is 0 Å². The predicted octanol–water partition coefficient (Wildman–Crippen LogP) is 1.24. The molecular formula is C14H16N2O2. The Kier molecular flexibility index (Phi) is 2.95. The average molecular weight is 244 g/mol. The fraction of sp³-hybridized carbons (Fsp3) is 0.286. The number of hydrogen-bond acceptors (Lipinski definition) is 3. The highest BCUT2D eigenvalue weighted by Gasteiger charge is 2.49. The van der Waals surface area contributed by atoms with E-state index in [-0.39, 0.29) is 11.7 Å². The Balaban J connectivity index is 2.46. The van der Waals surface area contributed by atoms with Crippen LogP contribution in [0.3, 0.4) is 0 Å². The van der Waals surface area contributed by atoms with Gasteiger partial charge in [0.2, 0.25) is 0 Å². The van der Waals surface area contributed by atoms with E-state index in [0.29, 0.717) is 6.42 Å². The number of likely N-dealkylation sites (N-methyl/N-ethyl adjacent to an activating group) is 1. The molecule has 1 aromatic rings. The van der Waals surface area contributed by atoms with Gasteiger partial charge in [0.25, 0.3) is 5.91 Å². The number of fused-ring (bicyclic) bond motifs is 1. The largest absolute Gasteiger partial charge is 0.364 e. The van der Waals surface area contributed by atoms with Gasteiger partial charge >= 0.3 is 0 Å². The van der Waals surface area contributed by atoms with Crippen LogP contribution in [0.1, 0.15) is 5.56 Å². The summed E-state index contributed by atoms with van der Waals surface area (Å²) in [4.78, 5) is 25.9. The molecule has 4 nitrogen and oxygen atoms in total. The average Bonchev–Trinajstić information content (AvgIpc) is 2.76. The molecule has 1 amide bonds. The molecule has 1 aliphatic heterocycles. The zero-order valence-corrected chi connectivity index (χ0v) is 10.6. The number of amides is 1. The van der Waals surface area contributed by atoms with Gasteiger partial charge in [-0.3, -0.25) is 9.59 Å². The minimum atomic E-state index is -1.23. The molecule has 0 radical (unpaired) electrons. The molecule has 0 spiro atoms. The Morgan fingerprint density at radius 2 is 2.06 bits per heavy atom. The molecule has 4 heteroatoms. The Hall–Kier alpha value is -2.10. The van der Waals surface area contributed by atoms with Crippen LogP contribution in [0.2, 0.25) is 0 Å². The summed E-state index contributed by atoms with van der Waals surface area (Å²) in [5.74, 6) is -0.541. The van der Waals surface area contributed by atoms with Crippen molar-refractivity contribution in [3.63, 3.8) is 0 Å². The first-order valence-electron chi connectivity index (χ1n) is 5.76. The third-order valence-corrected chi connectivity index (χ3v) is 3.20. The number of carbonyl (C=O) groups excluding carboxylic acids is 2. The van der Waals surface area contributed by atoms with E-state index in [4.69, 9.17) is 0 Å². The molecule has 2 rings (SSSR count). The summed E-state index contributed by atoms with van der Waals surface area (Å²) in [5, 5.41) is 3.07. The zero-order valence-electron chi connectivity index (χ0n) is 10.6. The number of para-hydroxylation sites is 1. The second-order valence-electron chi connectivity index (χ2n) is 4.63. The first kappa shape index (κ1) is 12.4. The maximum absolute atomic E-state index is 12.3. The van der Waals surface area contributed by atoms with Gasteiger partial charge in [0.1, 0.15) is 0 Å². The number of benzene rings is 1. The van der Waals surface area contributed by atoms with Crippen molar-refractivity contribution >= 4 is 17.4 Å². The lowest BCUT2D eigenvalue weighted by Gasteiger charge is -2.29. The monoisotopic (exact) mass is 244 g/mol. The van der Waals surface area contributed by atoms with E-state index < -0.39 is 5.54 Å². The Morgan fingerprint density at radius 1 is 1.39 bits per heavy atom. The Labute approximate surface area is 106 Å². The number of rotatable bonds is 3. The summed E-state index contributed by atoms with van der Waals surface area (Å²) in [6, 6.07) is 7.56. The van der Waals surface area contributed by atoms with Crippen molar-refractivity contribution in [3.05, 3.63) is 42.5 Å². The van der Waals surface area contributed by atoms with Gasteiger partial charge < -0.3 is 10.2 Å². The van der Waals surface area contributed by atoms with Crippen molar-refractivity contribution in [3.8, 4) is 0 Å². The number of hydrogen-bond donors (Lipinski definition) is 1. The minimum Gasteiger partial charge on any atom is -0.364 e. The molecule has 0 aromatic heterocycles. The van der Waals surface area contributed by atoms with Crippen molar-refractivity contribution in [2.45, 2.75) is 12.0 Å². The van der Waals surface area contributed by atoms with Crippen molar-refractivity contribution in [1.29, 1.82) is 0 Å². The number of carbonyl (C=O) groups is 2. The van der Waals surface area contributed by atoms with Crippen LogP contribution in [0.15, 0.2) is 36.9 Å². The molecule has 0 fully saturated rings. The summed E-state index contributed by atoms with van der Waals surface area (Å²) >= 11 is 0. The molecule has 1 unspecified atom stereocenters. The van der Waals surface area contributed by atoms with Gasteiger partial charge in [-0.2, -0.15) is 0 Å². The molecule has 0 aliphatic carbocycles. The molecule has 1 aromatic carbocycles. The SMILES string of the molecule is C=CC(=O)C1(C(=O)N(C)C)Cc2ccccc2N1. The number of nitrogens with one attached hydrogen (secondary N) is 1. The lowest BCUT2D eigenvalue weighted by atomic mass is 9.88. The van der Waals surface area contributed by atoms with Gasteiger partial charge in [0, 0.05) is 26.2 Å². The van der Waals surface area contributed by atoms with E-state index in [1.807, 2.05) is 24.3 Å². The van der Waals surface area contributed by atoms with Gasteiger partial charge in [0.05, 0.1) is 0 Å². The molecule has 94 valence electrons. The van der Waals surface area contributed by atoms with Crippen molar-refractivity contribution in [2.75, 3.05) is 19.4 Å². The molecule has 1 aliphatic rings. The molecule has 1 heterocycles. The van der Waals surface area contributed by atoms with E-state index in [2.05, 4.69) is 11.9 Å². The minimum absolute atomic E-state index is 0.247. The van der Waals surface area contributed by atoms with Crippen molar-refractivity contribution in [2.24, 2.45) is 0 Å². The van der Waals surface area contributed by atoms with Crippen LogP contribution in [0.5, 0.6) is 0 Å². The summed E-state index contributed by atoms with van der Waals surface area (Å²) in [6.45, 7) is 3.49. The highest BCUT2D eigenvalue weighted by molar-refractivity contribution is 6.18. The molecule has 0 saturated carbocycles. The maximum Gasteiger partial charge on any atom is 0.256 e. The number of nitrogens with zero attached hydrogens (tertiary/aromatic N) is 1. The normalized spacial score (nSPS) is 20.8. The third kappa shape index (κ3) is 1.70. The Bertz CT molecular complexity index is 495. The van der Waals surface area contributed by atoms with Gasteiger partial charge in [0.15, 0.2) is 11.3 Å². The summed E-state index contributed by atoms with van der Waals surface area (Å²) < 4.78 is 0. The third-order valence-electron chi connectivity index (χ3n) is 3.20. The van der Waals surface area contributed by atoms with Crippen LogP contribution < -0.4 is 5.32 Å². The van der Waals surface area contributed by atoms with E-state index in [9.17, 15) is 9.59 Å². The summed E-state index contributed by atoms with van der Waals surface area (Å²) in [7, 11) is 3.29. The molecule has 0 saturated heterocycles. The number of anilines is 1. The maximum atomic E-state index is 12.3. The first-order valence-corrected chi connectivity index (χ1v) is 5.76. The molecular weight excluding hydrogens is 228 g/mol. The zero-order chi connectivity index (χ0) is 13.3. The van der Waals surface area contributed by atoms with Crippen molar-refractivity contribution in [1.82, 2.24) is 4.90 Å². The van der Waals surface area contributed by atoms with Gasteiger partial charge in [-0.15, -0.1) is 0 Å². The summed E-state index contributed by atoms with van der Waals surface area (Å²) in [5.41, 5.74) is 0.584. The van der Waals surface area contributed by atoms with E-state index in [1.165, 1.54) is 11.0 Å². The fourth-order valence-corrected chi connectivity index (χ4v) is 2.30. The number of ketones is 1. The van der Waals surface area contributed by atoms with E-state index in [0.717, 1.165) is 11.3 Å². The molecule has 18 heavy (non-hydrogen) atoms. The molecule has 0 bridgehead atoms. The molecule has 1 N–H and O–H groups in total. The highest BCUT2D eigenvalue weighted by atomic mass is 16.2. The van der Waals surface area contributed by atoms with Gasteiger partial charge in [-0.25, -0.2) is 0 Å². The quantitative estimate of drug-likeness (QED) is 0.643. The fourth-order valence-electron chi connectivity index (χ4n) is 2.30. The van der Waals surface area contributed by atoms with Crippen LogP contribution >= 0.6 is 0 Å². The smallest absolute Gasteiger partial charge is 0.256 e. The van der Waals surface area contributed by atoms with Crippen LogP contribution in [-0.4, -0.2) is 36.2 Å². The Morgan fingerprint density at radius 3 is 2.61 bits per heavy atom. The van der Waals surface area contributed by atoms with Crippen molar-refractivity contribution < 1.29 is 9.59 Å². The second-order valence-corrected chi connectivity index (χ2v) is 4.63. The lowest BCUT2D eigenvalue weighted by molar-refractivity contribution is -0.138. The standard InChI is InChI=1S/C14H16N2O2/c1-4-12(17)14(13(18)16(2)3)9-10-7-5-6-8-11(10)15-14/h4-8,15H,1,9H2,2-3H3. The van der Waals surface area contributed by atoms with Crippen LogP contribution in [0, 0.1) is 0 Å². The first-order chi connectivity index (χ1) is 8.51. The van der Waals surface area contributed by atoms with Gasteiger partial charge in [-0.1, -0.05) is 24.8 Å². The van der Waals surface area contributed by atoms with Crippen LogP contribution in [-0.2, 0) is 16.0 Å². The van der Waals surface area contributed by atoms with Gasteiger partial charge in [-0.05, 0) is 17.7 Å². The molecule has 1 atom stereocenters. The highest BCUT2D eigenvalue weighted by Crippen LogP contribution is 2.34. The van der Waals surface area contributed by atoms with E-state index in [1.54, 1.807) is 14.1 Å². The van der Waals surface area contributed by atoms with E-state index >= 15 is 0 Å². The van der Waals surface area contributed by atoms with Crippen LogP contribution in [0.4, 0.5) is 5.69 Å².